The molecule has 1 aliphatic carbocycles. The number of guanidine groups is 1. The molecule has 0 radical (unpaired) electrons. The zero-order chi connectivity index (χ0) is 15.7. The molecule has 0 aromatic rings. The lowest BCUT2D eigenvalue weighted by atomic mass is 9.96. The highest BCUT2D eigenvalue weighted by Gasteiger charge is 2.16. The number of hydrogen-bond acceptors (Lipinski definition) is 3. The van der Waals surface area contributed by atoms with Gasteiger partial charge in [-0.1, -0.05) is 19.3 Å². The van der Waals surface area contributed by atoms with Crippen molar-refractivity contribution in [1.82, 2.24) is 10.6 Å². The second-order valence-electron chi connectivity index (χ2n) is 5.35. The van der Waals surface area contributed by atoms with Crippen LogP contribution in [0, 0.1) is 0 Å². The lowest BCUT2D eigenvalue weighted by Crippen LogP contribution is -2.78. The Morgan fingerprint density at radius 2 is 2.00 bits per heavy atom. The van der Waals surface area contributed by atoms with E-state index in [1.165, 1.54) is 19.3 Å². The highest BCUT2D eigenvalue weighted by molar-refractivity contribution is 7.80. The van der Waals surface area contributed by atoms with Crippen molar-refractivity contribution in [3.8, 4) is 0 Å². The molecule has 0 aliphatic heterocycles. The number of hydrogen-bond donors (Lipinski definition) is 5. The van der Waals surface area contributed by atoms with Crippen molar-refractivity contribution in [2.24, 2.45) is 11.5 Å². The Bertz CT molecular complexity index is 379. The number of carbonyl (C=O) groups is 1. The first-order valence-corrected chi connectivity index (χ1v) is 7.79. The van der Waals surface area contributed by atoms with Gasteiger partial charge in [-0.05, 0) is 37.9 Å². The summed E-state index contributed by atoms with van der Waals surface area (Å²) in [7, 11) is 0. The Morgan fingerprint density at radius 1 is 1.33 bits per heavy atom. The van der Waals surface area contributed by atoms with Gasteiger partial charge in [-0.15, -0.1) is 0 Å². The Balaban J connectivity index is 2.33. The van der Waals surface area contributed by atoms with Crippen LogP contribution < -0.4 is 32.2 Å². The van der Waals surface area contributed by atoms with Crippen LogP contribution in [0.1, 0.15) is 44.9 Å². The molecule has 7 N–H and O–H groups in total. The van der Waals surface area contributed by atoms with Crippen LogP contribution in [0.3, 0.4) is 0 Å². The number of carboxylic acid groups (broad SMARTS) is 1. The standard InChI is InChI=1S/C13H25N5O2S/c14-12(15)16-8-4-7-10(11(19)20)18-13(21)17-9-5-2-1-3-6-9/h9-10H,1-8H2,(H,19,20)(H4,14,15,16)(H2,17,18,21)/t10-/m0/s1. The Labute approximate surface area is 130 Å². The molecule has 1 saturated carbocycles. The van der Waals surface area contributed by atoms with Gasteiger partial charge in [0.1, 0.15) is 0 Å². The molecule has 1 rings (SSSR count). The summed E-state index contributed by atoms with van der Waals surface area (Å²) in [6, 6.07) is -0.469. The highest BCUT2D eigenvalue weighted by atomic mass is 32.1. The monoisotopic (exact) mass is 315 g/mol. The number of nitrogens with one attached hydrogen (secondary N) is 3. The minimum atomic E-state index is -1.16. The maximum Gasteiger partial charge on any atom is 0.338 e. The average molecular weight is 315 g/mol. The molecular formula is C13H25N5O2S. The smallest absolute Gasteiger partial charge is 0.338 e. The Hall–Kier alpha value is -1.57. The minimum absolute atomic E-state index is 0.127. The van der Waals surface area contributed by atoms with Gasteiger partial charge in [-0.25, -0.2) is 0 Å². The van der Waals surface area contributed by atoms with Crippen LogP contribution in [0.5, 0.6) is 0 Å². The number of thiocarbonyl (C=S) groups is 1. The van der Waals surface area contributed by atoms with E-state index in [9.17, 15) is 9.90 Å². The number of nitrogens with two attached hydrogens (primary N) is 2. The highest BCUT2D eigenvalue weighted by Crippen LogP contribution is 2.17. The second kappa shape index (κ2) is 9.38. The summed E-state index contributed by atoms with van der Waals surface area (Å²) < 4.78 is 0. The fourth-order valence-electron chi connectivity index (χ4n) is 2.42. The van der Waals surface area contributed by atoms with Gasteiger partial charge in [0.25, 0.3) is 0 Å². The summed E-state index contributed by atoms with van der Waals surface area (Å²) >= 11 is 5.18. The van der Waals surface area contributed by atoms with Crippen molar-refractivity contribution in [3.05, 3.63) is 0 Å². The third-order valence-corrected chi connectivity index (χ3v) is 3.76. The molecule has 1 fully saturated rings. The second-order valence-corrected chi connectivity index (χ2v) is 5.76. The predicted molar refractivity (Wildman–Crippen MR) is 83.0 cm³/mol. The summed E-state index contributed by atoms with van der Waals surface area (Å²) in [5, 5.41) is 17.5. The van der Waals surface area contributed by atoms with Gasteiger partial charge >= 0.3 is 5.96 Å². The molecule has 8 heteroatoms. The third-order valence-electron chi connectivity index (χ3n) is 3.53. The van der Waals surface area contributed by atoms with Crippen LogP contribution in [0.15, 0.2) is 0 Å². The first-order chi connectivity index (χ1) is 9.99. The first kappa shape index (κ1) is 17.5. The fraction of sp³-hybridized carbons (Fsp3) is 0.769. The van der Waals surface area contributed by atoms with Crippen LogP contribution in [0.2, 0.25) is 0 Å². The largest absolute Gasteiger partial charge is 0.548 e. The predicted octanol–water partition coefficient (Wildman–Crippen LogP) is -2.96. The first-order valence-electron chi connectivity index (χ1n) is 7.38. The van der Waals surface area contributed by atoms with E-state index in [-0.39, 0.29) is 5.96 Å². The zero-order valence-corrected chi connectivity index (χ0v) is 13.0. The van der Waals surface area contributed by atoms with Crippen LogP contribution in [-0.2, 0) is 4.79 Å². The van der Waals surface area contributed by atoms with Crippen molar-refractivity contribution in [1.29, 1.82) is 0 Å². The van der Waals surface area contributed by atoms with Crippen molar-refractivity contribution < 1.29 is 14.9 Å². The fourth-order valence-corrected chi connectivity index (χ4v) is 2.73. The van der Waals surface area contributed by atoms with Crippen LogP contribution in [0.25, 0.3) is 0 Å². The van der Waals surface area contributed by atoms with E-state index in [0.29, 0.717) is 30.5 Å². The van der Waals surface area contributed by atoms with Crippen molar-refractivity contribution in [2.45, 2.75) is 57.0 Å². The molecule has 1 atom stereocenters. The van der Waals surface area contributed by atoms with E-state index in [4.69, 9.17) is 23.7 Å². The van der Waals surface area contributed by atoms with Crippen LogP contribution >= 0.6 is 12.2 Å². The summed E-state index contributed by atoms with van der Waals surface area (Å²) in [6.45, 7) is 0.511. The van der Waals surface area contributed by atoms with Crippen LogP contribution in [-0.4, -0.2) is 35.7 Å². The van der Waals surface area contributed by atoms with E-state index in [1.807, 2.05) is 0 Å². The van der Waals surface area contributed by atoms with E-state index >= 15 is 0 Å². The van der Waals surface area contributed by atoms with Gasteiger partial charge in [0.15, 0.2) is 5.11 Å². The molecule has 0 bridgehead atoms. The van der Waals surface area contributed by atoms with E-state index < -0.39 is 12.0 Å². The lowest BCUT2D eigenvalue weighted by Gasteiger charge is -2.27. The number of carbonyl (C=O) groups excluding carboxylic acids is 1. The minimum Gasteiger partial charge on any atom is -0.548 e. The molecule has 0 saturated heterocycles. The van der Waals surface area contributed by atoms with Gasteiger partial charge in [-0.2, -0.15) is 0 Å². The zero-order valence-electron chi connectivity index (χ0n) is 12.2. The molecule has 1 aliphatic rings. The van der Waals surface area contributed by atoms with E-state index in [2.05, 4.69) is 15.6 Å². The maximum absolute atomic E-state index is 11.1. The molecule has 120 valence electrons. The Morgan fingerprint density at radius 3 is 2.57 bits per heavy atom. The van der Waals surface area contributed by atoms with E-state index in [1.54, 1.807) is 0 Å². The van der Waals surface area contributed by atoms with E-state index in [0.717, 1.165) is 12.8 Å². The maximum atomic E-state index is 11.1. The van der Waals surface area contributed by atoms with Crippen molar-refractivity contribution >= 4 is 29.3 Å². The molecule has 0 aromatic heterocycles. The molecule has 0 spiro atoms. The summed E-state index contributed by atoms with van der Waals surface area (Å²) in [4.78, 5) is 13.9. The van der Waals surface area contributed by atoms with Crippen molar-refractivity contribution in [3.63, 3.8) is 0 Å². The summed E-state index contributed by atoms with van der Waals surface area (Å²) in [6.07, 6.45) is 6.76. The average Bonchev–Trinajstić information content (AvgIpc) is 2.42. The SMILES string of the molecule is NC(N)=[NH+]CCC[C@H](NC(=S)NC1CCCCC1)C(=O)[O-]. The summed E-state index contributed by atoms with van der Waals surface area (Å²) in [5.74, 6) is -1.03. The molecular weight excluding hydrogens is 290 g/mol. The topological polar surface area (TPSA) is 130 Å². The Kier molecular flexibility index (Phi) is 7.81. The quantitative estimate of drug-likeness (QED) is 0.147. The molecule has 7 nitrogen and oxygen atoms in total. The van der Waals surface area contributed by atoms with Crippen LogP contribution in [0.4, 0.5) is 0 Å². The molecule has 0 unspecified atom stereocenters. The normalized spacial score (nSPS) is 16.8. The van der Waals surface area contributed by atoms with Gasteiger partial charge in [0.2, 0.25) is 0 Å². The molecule has 0 heterocycles. The summed E-state index contributed by atoms with van der Waals surface area (Å²) in [5.41, 5.74) is 10.5. The third kappa shape index (κ3) is 7.69. The number of rotatable bonds is 7. The van der Waals surface area contributed by atoms with Gasteiger partial charge in [-0.3, -0.25) is 16.5 Å². The number of aliphatic carboxylic acids is 1. The lowest BCUT2D eigenvalue weighted by molar-refractivity contribution is -0.459. The van der Waals surface area contributed by atoms with Gasteiger partial charge in [0, 0.05) is 6.04 Å². The molecule has 0 amide bonds. The molecule has 21 heavy (non-hydrogen) atoms. The molecule has 0 aromatic carbocycles. The van der Waals surface area contributed by atoms with Crippen molar-refractivity contribution in [2.75, 3.05) is 6.54 Å². The number of carboxylic acids is 1. The van der Waals surface area contributed by atoms with Gasteiger partial charge < -0.3 is 20.5 Å². The van der Waals surface area contributed by atoms with Gasteiger partial charge in [0.05, 0.1) is 18.6 Å².